The van der Waals surface area contributed by atoms with Gasteiger partial charge in [0.25, 0.3) is 0 Å². The van der Waals surface area contributed by atoms with E-state index in [-0.39, 0.29) is 12.4 Å². The highest BCUT2D eigenvalue weighted by Gasteiger charge is 2.06. The Morgan fingerprint density at radius 2 is 2.21 bits per heavy atom. The minimum absolute atomic E-state index is 0. The van der Waals surface area contributed by atoms with Crippen LogP contribution in [0.4, 0.5) is 0 Å². The van der Waals surface area contributed by atoms with Crippen molar-refractivity contribution < 1.29 is 4.52 Å². The lowest BCUT2D eigenvalue weighted by atomic mass is 10.1. The highest BCUT2D eigenvalue weighted by Crippen LogP contribution is 2.19. The molecule has 0 amide bonds. The van der Waals surface area contributed by atoms with Crippen molar-refractivity contribution in [2.45, 2.75) is 13.3 Å². The normalized spacial score (nSPS) is 10.1. The molecule has 0 fully saturated rings. The lowest BCUT2D eigenvalue weighted by Gasteiger charge is -1.93. The van der Waals surface area contributed by atoms with Crippen molar-refractivity contribution in [2.24, 2.45) is 5.73 Å². The zero-order valence-electron chi connectivity index (χ0n) is 7.99. The fourth-order valence-electron chi connectivity index (χ4n) is 1.42. The number of nitrogens with zero attached hydrogens (tertiary/aromatic N) is 1. The number of hydrogen-bond donors (Lipinski definition) is 1. The van der Waals surface area contributed by atoms with Crippen molar-refractivity contribution in [3.05, 3.63) is 29.5 Å². The predicted octanol–water partition coefficient (Wildman–Crippen LogP) is 2.06. The second-order valence-electron chi connectivity index (χ2n) is 3.17. The summed E-state index contributed by atoms with van der Waals surface area (Å²) >= 11 is 0. The van der Waals surface area contributed by atoms with Gasteiger partial charge in [-0.3, -0.25) is 0 Å². The van der Waals surface area contributed by atoms with Crippen LogP contribution in [-0.2, 0) is 6.42 Å². The lowest BCUT2D eigenvalue weighted by Crippen LogP contribution is -2.02. The van der Waals surface area contributed by atoms with Gasteiger partial charge in [-0.1, -0.05) is 16.8 Å². The van der Waals surface area contributed by atoms with Crippen molar-refractivity contribution in [1.82, 2.24) is 5.16 Å². The summed E-state index contributed by atoms with van der Waals surface area (Å²) in [6, 6.07) is 6.04. The van der Waals surface area contributed by atoms with Gasteiger partial charge in [0.1, 0.15) is 0 Å². The third kappa shape index (κ3) is 1.89. The first kappa shape index (κ1) is 11.0. The van der Waals surface area contributed by atoms with Gasteiger partial charge in [0.15, 0.2) is 5.58 Å². The summed E-state index contributed by atoms with van der Waals surface area (Å²) < 4.78 is 5.15. The summed E-state index contributed by atoms with van der Waals surface area (Å²) in [4.78, 5) is 0. The summed E-state index contributed by atoms with van der Waals surface area (Å²) in [6.45, 7) is 2.66. The molecule has 4 heteroatoms. The van der Waals surface area contributed by atoms with Gasteiger partial charge in [-0.25, -0.2) is 0 Å². The molecule has 0 aliphatic rings. The summed E-state index contributed by atoms with van der Waals surface area (Å²) in [5, 5.41) is 5.06. The molecule has 3 nitrogen and oxygen atoms in total. The minimum atomic E-state index is 0. The van der Waals surface area contributed by atoms with Crippen LogP contribution in [-0.4, -0.2) is 11.7 Å². The van der Waals surface area contributed by atoms with Crippen molar-refractivity contribution in [3.8, 4) is 0 Å². The van der Waals surface area contributed by atoms with Crippen molar-refractivity contribution in [2.75, 3.05) is 6.54 Å². The smallest absolute Gasteiger partial charge is 0.167 e. The second-order valence-corrected chi connectivity index (χ2v) is 3.17. The molecule has 1 aromatic carbocycles. The number of aromatic nitrogens is 1. The van der Waals surface area contributed by atoms with Crippen molar-refractivity contribution in [3.63, 3.8) is 0 Å². The minimum Gasteiger partial charge on any atom is -0.356 e. The Bertz CT molecular complexity index is 425. The topological polar surface area (TPSA) is 52.0 Å². The van der Waals surface area contributed by atoms with Gasteiger partial charge >= 0.3 is 0 Å². The van der Waals surface area contributed by atoms with E-state index in [0.29, 0.717) is 6.54 Å². The summed E-state index contributed by atoms with van der Waals surface area (Å²) in [5.74, 6) is 0. The fraction of sp³-hybridized carbons (Fsp3) is 0.300. The molecule has 0 unspecified atom stereocenters. The molecule has 1 aromatic heterocycles. The average molecular weight is 213 g/mol. The number of benzene rings is 1. The quantitative estimate of drug-likeness (QED) is 0.829. The van der Waals surface area contributed by atoms with E-state index in [1.54, 1.807) is 0 Å². The van der Waals surface area contributed by atoms with Gasteiger partial charge in [0, 0.05) is 11.8 Å². The molecule has 76 valence electrons. The Morgan fingerprint density at radius 3 is 2.93 bits per heavy atom. The number of rotatable bonds is 2. The summed E-state index contributed by atoms with van der Waals surface area (Å²) in [5.41, 5.74) is 8.48. The van der Waals surface area contributed by atoms with E-state index in [1.165, 1.54) is 5.56 Å². The lowest BCUT2D eigenvalue weighted by molar-refractivity contribution is 0.446. The molecule has 0 aliphatic carbocycles. The third-order valence-electron chi connectivity index (χ3n) is 2.08. The zero-order chi connectivity index (χ0) is 9.26. The summed E-state index contributed by atoms with van der Waals surface area (Å²) in [6.07, 6.45) is 0.774. The zero-order valence-corrected chi connectivity index (χ0v) is 8.80. The molecule has 0 bridgehead atoms. The van der Waals surface area contributed by atoms with E-state index in [0.717, 1.165) is 23.1 Å². The summed E-state index contributed by atoms with van der Waals surface area (Å²) in [7, 11) is 0. The van der Waals surface area contributed by atoms with Crippen molar-refractivity contribution in [1.29, 1.82) is 0 Å². The van der Waals surface area contributed by atoms with Gasteiger partial charge in [-0.15, -0.1) is 12.4 Å². The molecule has 2 aromatic rings. The first-order valence-corrected chi connectivity index (χ1v) is 4.36. The van der Waals surface area contributed by atoms with Crippen LogP contribution >= 0.6 is 12.4 Å². The number of aryl methyl sites for hydroxylation is 1. The van der Waals surface area contributed by atoms with Crippen LogP contribution in [0, 0.1) is 6.92 Å². The van der Waals surface area contributed by atoms with Gasteiger partial charge in [0.05, 0.1) is 5.69 Å². The van der Waals surface area contributed by atoms with Gasteiger partial charge < -0.3 is 10.3 Å². The van der Waals surface area contributed by atoms with Crippen LogP contribution in [0.15, 0.2) is 22.7 Å². The first-order chi connectivity index (χ1) is 6.31. The highest BCUT2D eigenvalue weighted by molar-refractivity contribution is 5.85. The molecule has 0 saturated heterocycles. The van der Waals surface area contributed by atoms with Crippen LogP contribution in [0.3, 0.4) is 0 Å². The van der Waals surface area contributed by atoms with Crippen LogP contribution in [0.2, 0.25) is 0 Å². The van der Waals surface area contributed by atoms with E-state index in [2.05, 4.69) is 18.1 Å². The molecular weight excluding hydrogens is 200 g/mol. The second kappa shape index (κ2) is 4.44. The predicted molar refractivity (Wildman–Crippen MR) is 58.8 cm³/mol. The van der Waals surface area contributed by atoms with Crippen LogP contribution < -0.4 is 5.73 Å². The van der Waals surface area contributed by atoms with E-state index < -0.39 is 0 Å². The van der Waals surface area contributed by atoms with Crippen LogP contribution in [0.5, 0.6) is 0 Å². The number of halogens is 1. The van der Waals surface area contributed by atoms with E-state index in [1.807, 2.05) is 12.1 Å². The molecule has 0 atom stereocenters. The van der Waals surface area contributed by atoms with Gasteiger partial charge in [0.2, 0.25) is 0 Å². The molecule has 2 rings (SSSR count). The molecule has 14 heavy (non-hydrogen) atoms. The van der Waals surface area contributed by atoms with E-state index in [9.17, 15) is 0 Å². The Kier molecular flexibility index (Phi) is 3.49. The van der Waals surface area contributed by atoms with Crippen LogP contribution in [0.1, 0.15) is 11.3 Å². The maximum Gasteiger partial charge on any atom is 0.167 e. The van der Waals surface area contributed by atoms with E-state index in [4.69, 9.17) is 10.3 Å². The number of fused-ring (bicyclic) bond motifs is 1. The molecule has 0 radical (unpaired) electrons. The molecule has 2 N–H and O–H groups in total. The fourth-order valence-corrected chi connectivity index (χ4v) is 1.42. The molecular formula is C10H13ClN2O. The third-order valence-corrected chi connectivity index (χ3v) is 2.08. The molecule has 0 aliphatic heterocycles. The van der Waals surface area contributed by atoms with Gasteiger partial charge in [-0.2, -0.15) is 0 Å². The Labute approximate surface area is 88.7 Å². The Balaban J connectivity index is 0.000000980. The van der Waals surface area contributed by atoms with Crippen LogP contribution in [0.25, 0.3) is 11.0 Å². The maximum absolute atomic E-state index is 5.47. The maximum atomic E-state index is 5.47. The molecule has 1 heterocycles. The SMILES string of the molecule is Cc1ccc2onc(CCN)c2c1.Cl. The average Bonchev–Trinajstić information content (AvgIpc) is 2.49. The Hall–Kier alpha value is -1.06. The Morgan fingerprint density at radius 1 is 1.43 bits per heavy atom. The first-order valence-electron chi connectivity index (χ1n) is 4.36. The van der Waals surface area contributed by atoms with Crippen molar-refractivity contribution >= 4 is 23.4 Å². The highest BCUT2D eigenvalue weighted by atomic mass is 35.5. The number of nitrogens with two attached hydrogens (primary N) is 1. The molecule has 0 saturated carbocycles. The van der Waals surface area contributed by atoms with Gasteiger partial charge in [-0.05, 0) is 25.6 Å². The number of hydrogen-bond acceptors (Lipinski definition) is 3. The monoisotopic (exact) mass is 212 g/mol. The standard InChI is InChI=1S/C10H12N2O.ClH/c1-7-2-3-10-8(6-7)9(4-5-11)12-13-10;/h2-3,6H,4-5,11H2,1H3;1H. The van der Waals surface area contributed by atoms with E-state index >= 15 is 0 Å². The molecule has 0 spiro atoms. The largest absolute Gasteiger partial charge is 0.356 e.